The summed E-state index contributed by atoms with van der Waals surface area (Å²) in [5.41, 5.74) is 1.32. The molecule has 0 aliphatic heterocycles. The van der Waals surface area contributed by atoms with Gasteiger partial charge in [0.2, 0.25) is 0 Å². The molecule has 1 rings (SSSR count). The van der Waals surface area contributed by atoms with Gasteiger partial charge in [-0.3, -0.25) is 0 Å². The molecule has 1 heteroatoms. The van der Waals surface area contributed by atoms with Gasteiger partial charge in [-0.1, -0.05) is 61.2 Å². The highest BCUT2D eigenvalue weighted by Crippen LogP contribution is 2.08. The van der Waals surface area contributed by atoms with E-state index in [1.807, 2.05) is 36.6 Å². The normalized spacial score (nSPS) is 9.20. The van der Waals surface area contributed by atoms with Crippen molar-refractivity contribution in [2.45, 2.75) is 6.92 Å². The monoisotopic (exact) mass is 218 g/mol. The van der Waals surface area contributed by atoms with Gasteiger partial charge in [-0.2, -0.15) is 0 Å². The zero-order chi connectivity index (χ0) is 11.5. The predicted molar refractivity (Wildman–Crippen MR) is 73.2 cm³/mol. The van der Waals surface area contributed by atoms with E-state index in [0.29, 0.717) is 0 Å². The Kier molecular flexibility index (Phi) is 8.59. The molecule has 15 heavy (non-hydrogen) atoms. The van der Waals surface area contributed by atoms with Crippen LogP contribution < -0.4 is 0 Å². The number of thioether (sulfide) groups is 1. The maximum Gasteiger partial charge on any atom is -0.000286 e. The molecule has 0 aliphatic carbocycles. The zero-order valence-electron chi connectivity index (χ0n) is 9.44. The smallest absolute Gasteiger partial charge is 0.000286 e. The van der Waals surface area contributed by atoms with Crippen LogP contribution in [0, 0.1) is 6.92 Å². The summed E-state index contributed by atoms with van der Waals surface area (Å²) in [6.45, 7) is 9.35. The van der Waals surface area contributed by atoms with Crippen LogP contribution in [0.4, 0.5) is 0 Å². The number of allylic oxidation sites excluding steroid dienone is 3. The molecule has 0 amide bonds. The van der Waals surface area contributed by atoms with E-state index in [-0.39, 0.29) is 0 Å². The third kappa shape index (κ3) is 9.10. The van der Waals surface area contributed by atoms with Crippen molar-refractivity contribution in [3.8, 4) is 0 Å². The first-order valence-electron chi connectivity index (χ1n) is 4.74. The van der Waals surface area contributed by atoms with E-state index >= 15 is 0 Å². The predicted octanol–water partition coefficient (Wildman–Crippen LogP) is 4.60. The Bertz CT molecular complexity index is 309. The summed E-state index contributed by atoms with van der Waals surface area (Å²) >= 11 is 1.64. The molecule has 0 aliphatic rings. The third-order valence-corrected chi connectivity index (χ3v) is 2.28. The van der Waals surface area contributed by atoms with Crippen LogP contribution in [0.2, 0.25) is 0 Å². The second-order valence-corrected chi connectivity index (χ2v) is 3.85. The molecule has 0 atom stereocenters. The quantitative estimate of drug-likeness (QED) is 0.668. The van der Waals surface area contributed by atoms with Crippen LogP contribution in [0.1, 0.15) is 5.56 Å². The minimum absolute atomic E-state index is 1.06. The third-order valence-electron chi connectivity index (χ3n) is 1.62. The minimum atomic E-state index is 1.06. The Morgan fingerprint density at radius 3 is 2.20 bits per heavy atom. The summed E-state index contributed by atoms with van der Waals surface area (Å²) in [7, 11) is 0. The summed E-state index contributed by atoms with van der Waals surface area (Å²) in [6, 6.07) is 10.3. The van der Waals surface area contributed by atoms with E-state index < -0.39 is 0 Å². The lowest BCUT2D eigenvalue weighted by Gasteiger charge is -1.86. The van der Waals surface area contributed by atoms with E-state index in [1.54, 1.807) is 17.8 Å². The number of rotatable bonds is 3. The molecule has 0 spiro atoms. The number of aryl methyl sites for hydroxylation is 1. The van der Waals surface area contributed by atoms with Crippen LogP contribution in [0.25, 0.3) is 0 Å². The highest BCUT2D eigenvalue weighted by atomic mass is 32.2. The first-order chi connectivity index (χ1) is 7.20. The summed E-state index contributed by atoms with van der Waals surface area (Å²) < 4.78 is 0. The van der Waals surface area contributed by atoms with Crippen LogP contribution >= 0.6 is 11.8 Å². The molecule has 0 radical (unpaired) electrons. The lowest BCUT2D eigenvalue weighted by molar-refractivity contribution is 1.48. The summed E-state index contributed by atoms with van der Waals surface area (Å²) in [5.74, 6) is 0. The Balaban J connectivity index is 0.000000262. The van der Waals surface area contributed by atoms with Gasteiger partial charge in [0, 0.05) is 0 Å². The molecule has 1 aromatic rings. The van der Waals surface area contributed by atoms with Gasteiger partial charge >= 0.3 is 0 Å². The molecule has 0 fully saturated rings. The molecule has 0 nitrogen and oxygen atoms in total. The average molecular weight is 218 g/mol. The fourth-order valence-electron chi connectivity index (χ4n) is 0.778. The van der Waals surface area contributed by atoms with Crippen molar-refractivity contribution in [2.24, 2.45) is 0 Å². The molecule has 0 bridgehead atoms. The molecular formula is C14H18S. The van der Waals surface area contributed by atoms with Crippen molar-refractivity contribution in [2.75, 3.05) is 6.26 Å². The number of benzene rings is 1. The van der Waals surface area contributed by atoms with Gasteiger partial charge in [-0.05, 0) is 24.2 Å². The van der Waals surface area contributed by atoms with Crippen molar-refractivity contribution in [1.29, 1.82) is 0 Å². The van der Waals surface area contributed by atoms with E-state index in [9.17, 15) is 0 Å². The molecule has 0 aromatic heterocycles. The van der Waals surface area contributed by atoms with E-state index in [1.165, 1.54) is 5.56 Å². The van der Waals surface area contributed by atoms with Crippen LogP contribution in [0.15, 0.2) is 66.6 Å². The Morgan fingerprint density at radius 2 is 1.87 bits per heavy atom. The summed E-state index contributed by atoms with van der Waals surface area (Å²) in [5, 5.41) is 0. The largest absolute Gasteiger partial charge is 0.130 e. The Morgan fingerprint density at radius 1 is 1.27 bits per heavy atom. The van der Waals surface area contributed by atoms with Crippen molar-refractivity contribution in [3.63, 3.8) is 0 Å². The van der Waals surface area contributed by atoms with Gasteiger partial charge in [0.25, 0.3) is 0 Å². The fraction of sp³-hybridized carbons (Fsp3) is 0.143. The SMILES string of the molecule is C=C/C=C\C(=C)SC.Cc1ccccc1. The number of hydrogen-bond donors (Lipinski definition) is 0. The average Bonchev–Trinajstić information content (AvgIpc) is 2.28. The van der Waals surface area contributed by atoms with Crippen molar-refractivity contribution < 1.29 is 0 Å². The fourth-order valence-corrected chi connectivity index (χ4v) is 0.992. The standard InChI is InChI=1S/C7H10S.C7H8/c1-4-5-6-7(2)8-3;1-7-5-3-2-4-6-7/h4-6H,1-2H2,3H3;2-6H,1H3/b6-5-;. The molecule has 0 saturated carbocycles. The molecule has 0 saturated heterocycles. The van der Waals surface area contributed by atoms with Crippen molar-refractivity contribution in [3.05, 3.63) is 72.2 Å². The van der Waals surface area contributed by atoms with Crippen LogP contribution in [-0.4, -0.2) is 6.26 Å². The second-order valence-electron chi connectivity index (χ2n) is 2.92. The van der Waals surface area contributed by atoms with Crippen LogP contribution in [-0.2, 0) is 0 Å². The first kappa shape index (κ1) is 13.8. The van der Waals surface area contributed by atoms with Crippen LogP contribution in [0.3, 0.4) is 0 Å². The zero-order valence-corrected chi connectivity index (χ0v) is 10.3. The maximum absolute atomic E-state index is 3.74. The van der Waals surface area contributed by atoms with E-state index in [2.05, 4.69) is 32.2 Å². The van der Waals surface area contributed by atoms with Crippen molar-refractivity contribution >= 4 is 11.8 Å². The molecule has 80 valence electrons. The minimum Gasteiger partial charge on any atom is -0.130 e. The molecule has 0 unspecified atom stereocenters. The summed E-state index contributed by atoms with van der Waals surface area (Å²) in [4.78, 5) is 1.06. The topological polar surface area (TPSA) is 0 Å². The molecular weight excluding hydrogens is 200 g/mol. The Labute approximate surface area is 97.4 Å². The number of hydrogen-bond acceptors (Lipinski definition) is 1. The van der Waals surface area contributed by atoms with Gasteiger partial charge in [-0.15, -0.1) is 11.8 Å². The van der Waals surface area contributed by atoms with Gasteiger partial charge < -0.3 is 0 Å². The highest BCUT2D eigenvalue weighted by Gasteiger charge is 1.76. The molecule has 1 aromatic carbocycles. The van der Waals surface area contributed by atoms with E-state index in [0.717, 1.165) is 4.91 Å². The van der Waals surface area contributed by atoms with Crippen molar-refractivity contribution in [1.82, 2.24) is 0 Å². The Hall–Kier alpha value is -1.21. The van der Waals surface area contributed by atoms with Crippen LogP contribution in [0.5, 0.6) is 0 Å². The summed E-state index contributed by atoms with van der Waals surface area (Å²) in [6.07, 6.45) is 7.54. The first-order valence-corrected chi connectivity index (χ1v) is 5.96. The molecule has 0 N–H and O–H groups in total. The lowest BCUT2D eigenvalue weighted by atomic mass is 10.2. The maximum atomic E-state index is 3.74. The van der Waals surface area contributed by atoms with Gasteiger partial charge in [-0.25, -0.2) is 0 Å². The van der Waals surface area contributed by atoms with Gasteiger partial charge in [0.1, 0.15) is 0 Å². The highest BCUT2D eigenvalue weighted by molar-refractivity contribution is 8.02. The second kappa shape index (κ2) is 9.35. The van der Waals surface area contributed by atoms with E-state index in [4.69, 9.17) is 0 Å². The lowest BCUT2D eigenvalue weighted by Crippen LogP contribution is -1.62. The molecule has 0 heterocycles. The van der Waals surface area contributed by atoms with Gasteiger partial charge in [0.05, 0.1) is 0 Å². The van der Waals surface area contributed by atoms with Gasteiger partial charge in [0.15, 0.2) is 0 Å².